The third-order valence-electron chi connectivity index (χ3n) is 5.85. The second kappa shape index (κ2) is 10.3. The number of halogens is 1. The van der Waals surface area contributed by atoms with Gasteiger partial charge in [-0.2, -0.15) is 0 Å². The normalized spacial score (nSPS) is 23.2. The van der Waals surface area contributed by atoms with Crippen molar-refractivity contribution in [3.8, 4) is 5.75 Å². The Balaban J connectivity index is 1.41. The van der Waals surface area contributed by atoms with E-state index in [1.165, 1.54) is 19.2 Å². The number of rotatable bonds is 8. The first-order chi connectivity index (χ1) is 16.0. The molecule has 3 N–H and O–H groups in total. The number of aliphatic hydroxyl groups is 1. The van der Waals surface area contributed by atoms with E-state index < -0.39 is 12.2 Å². The Bertz CT molecular complexity index is 1020. The summed E-state index contributed by atoms with van der Waals surface area (Å²) in [6.07, 6.45) is -0.742. The van der Waals surface area contributed by atoms with Crippen LogP contribution in [0.1, 0.15) is 29.9 Å². The Kier molecular flexibility index (Phi) is 7.22. The first kappa shape index (κ1) is 23.2. The molecule has 2 aromatic carbocycles. The van der Waals surface area contributed by atoms with Crippen molar-refractivity contribution in [2.24, 2.45) is 0 Å². The lowest BCUT2D eigenvalue weighted by Gasteiger charge is -2.37. The Labute approximate surface area is 191 Å². The summed E-state index contributed by atoms with van der Waals surface area (Å²) in [7, 11) is 1.45. The summed E-state index contributed by atoms with van der Waals surface area (Å²) in [4.78, 5) is 24.4. The van der Waals surface area contributed by atoms with Crippen molar-refractivity contribution < 1.29 is 33.3 Å². The molecule has 2 aliphatic rings. The summed E-state index contributed by atoms with van der Waals surface area (Å²) < 4.78 is 30.2. The SMILES string of the molecule is COCC(=O)Nc1ccc2c(c1)[C@H]1C[C@H](CC(=O)NCc3cccc(F)c3)O[C@H](CO)[C@H]1O2. The molecule has 9 heteroatoms. The lowest BCUT2D eigenvalue weighted by Crippen LogP contribution is -2.47. The average molecular weight is 458 g/mol. The van der Waals surface area contributed by atoms with Gasteiger partial charge < -0.3 is 30.0 Å². The molecule has 0 unspecified atom stereocenters. The fourth-order valence-electron chi connectivity index (χ4n) is 4.42. The molecule has 176 valence electrons. The van der Waals surface area contributed by atoms with Crippen molar-refractivity contribution in [3.05, 3.63) is 59.4 Å². The van der Waals surface area contributed by atoms with Gasteiger partial charge in [0, 0.05) is 30.8 Å². The first-order valence-corrected chi connectivity index (χ1v) is 10.8. The van der Waals surface area contributed by atoms with Crippen LogP contribution in [0.3, 0.4) is 0 Å². The highest BCUT2D eigenvalue weighted by Gasteiger charge is 2.46. The van der Waals surface area contributed by atoms with Crippen molar-refractivity contribution in [1.82, 2.24) is 5.32 Å². The fraction of sp³-hybridized carbons (Fsp3) is 0.417. The highest BCUT2D eigenvalue weighted by molar-refractivity contribution is 5.92. The molecule has 4 atom stereocenters. The second-order valence-electron chi connectivity index (χ2n) is 8.25. The molecule has 2 amide bonds. The summed E-state index contributed by atoms with van der Waals surface area (Å²) in [5.41, 5.74) is 2.20. The first-order valence-electron chi connectivity index (χ1n) is 10.8. The van der Waals surface area contributed by atoms with Crippen LogP contribution in [0, 0.1) is 5.82 Å². The molecule has 0 bridgehead atoms. The zero-order chi connectivity index (χ0) is 23.4. The second-order valence-corrected chi connectivity index (χ2v) is 8.25. The number of amides is 2. The van der Waals surface area contributed by atoms with Gasteiger partial charge in [0.15, 0.2) is 0 Å². The van der Waals surface area contributed by atoms with Crippen LogP contribution in [0.15, 0.2) is 42.5 Å². The van der Waals surface area contributed by atoms with Crippen molar-refractivity contribution in [2.75, 3.05) is 25.6 Å². The van der Waals surface area contributed by atoms with E-state index >= 15 is 0 Å². The molecule has 0 radical (unpaired) electrons. The van der Waals surface area contributed by atoms with Crippen LogP contribution in [0.4, 0.5) is 10.1 Å². The maximum absolute atomic E-state index is 13.3. The fourth-order valence-corrected chi connectivity index (χ4v) is 4.42. The standard InChI is InChI=1S/C24H27FN2O6/c1-31-13-23(30)27-16-5-6-20-18(8-16)19-9-17(32-21(12-28)24(19)33-20)10-22(29)26-11-14-3-2-4-15(25)7-14/h2-8,17,19,21,24,28H,9-13H2,1H3,(H,26,29)(H,27,30)/t17-,19-,21-,24+/m1/s1. The Morgan fingerprint density at radius 3 is 2.82 bits per heavy atom. The summed E-state index contributed by atoms with van der Waals surface area (Å²) in [6, 6.07) is 11.4. The molecule has 0 aliphatic carbocycles. The van der Waals surface area contributed by atoms with Gasteiger partial charge in [0.1, 0.15) is 30.4 Å². The molecule has 4 rings (SSSR count). The van der Waals surface area contributed by atoms with Gasteiger partial charge >= 0.3 is 0 Å². The minimum Gasteiger partial charge on any atom is -0.487 e. The van der Waals surface area contributed by atoms with E-state index in [4.69, 9.17) is 14.2 Å². The minimum absolute atomic E-state index is 0.0487. The van der Waals surface area contributed by atoms with Gasteiger partial charge in [-0.25, -0.2) is 4.39 Å². The third kappa shape index (κ3) is 5.50. The molecule has 33 heavy (non-hydrogen) atoms. The van der Waals surface area contributed by atoms with Crippen molar-refractivity contribution in [1.29, 1.82) is 0 Å². The maximum atomic E-state index is 13.3. The van der Waals surface area contributed by atoms with Crippen LogP contribution in [0.2, 0.25) is 0 Å². The molecule has 0 saturated carbocycles. The van der Waals surface area contributed by atoms with Crippen molar-refractivity contribution >= 4 is 17.5 Å². The Morgan fingerprint density at radius 1 is 1.21 bits per heavy atom. The lowest BCUT2D eigenvalue weighted by atomic mass is 9.84. The molecule has 0 spiro atoms. The van der Waals surface area contributed by atoms with E-state index in [0.717, 1.165) is 5.56 Å². The van der Waals surface area contributed by atoms with Crippen molar-refractivity contribution in [2.45, 2.75) is 43.6 Å². The van der Waals surface area contributed by atoms with Gasteiger partial charge in [0.05, 0.1) is 19.1 Å². The smallest absolute Gasteiger partial charge is 0.250 e. The highest BCUT2D eigenvalue weighted by atomic mass is 19.1. The number of nitrogens with one attached hydrogen (secondary N) is 2. The third-order valence-corrected chi connectivity index (χ3v) is 5.85. The van der Waals surface area contributed by atoms with Gasteiger partial charge in [-0.3, -0.25) is 9.59 Å². The number of carbonyl (C=O) groups excluding carboxylic acids is 2. The predicted octanol–water partition coefficient (Wildman–Crippen LogP) is 2.11. The van der Waals surface area contributed by atoms with Gasteiger partial charge in [0.25, 0.3) is 0 Å². The molecule has 1 saturated heterocycles. The molecular formula is C24H27FN2O6. The summed E-state index contributed by atoms with van der Waals surface area (Å²) in [5, 5.41) is 15.4. The number of benzene rings is 2. The van der Waals surface area contributed by atoms with E-state index in [1.807, 2.05) is 6.07 Å². The molecule has 2 aromatic rings. The number of methoxy groups -OCH3 is 1. The molecule has 0 aromatic heterocycles. The Morgan fingerprint density at radius 2 is 2.06 bits per heavy atom. The van der Waals surface area contributed by atoms with Crippen LogP contribution >= 0.6 is 0 Å². The van der Waals surface area contributed by atoms with Crippen LogP contribution < -0.4 is 15.4 Å². The molecule has 1 fully saturated rings. The Hall–Kier alpha value is -3.01. The van der Waals surface area contributed by atoms with E-state index in [9.17, 15) is 19.1 Å². The monoisotopic (exact) mass is 458 g/mol. The van der Waals surface area contributed by atoms with E-state index in [1.54, 1.807) is 24.3 Å². The molecule has 8 nitrogen and oxygen atoms in total. The maximum Gasteiger partial charge on any atom is 0.250 e. The summed E-state index contributed by atoms with van der Waals surface area (Å²) in [6.45, 7) is -0.0733. The number of carbonyl (C=O) groups is 2. The zero-order valence-electron chi connectivity index (χ0n) is 18.3. The number of fused-ring (bicyclic) bond motifs is 3. The van der Waals surface area contributed by atoms with Gasteiger partial charge in [0.2, 0.25) is 11.8 Å². The van der Waals surface area contributed by atoms with Crippen LogP contribution in [-0.4, -0.2) is 55.6 Å². The molecule has 2 heterocycles. The number of ether oxygens (including phenoxy) is 3. The topological polar surface area (TPSA) is 106 Å². The van der Waals surface area contributed by atoms with Crippen LogP contribution in [-0.2, 0) is 25.6 Å². The van der Waals surface area contributed by atoms with E-state index in [0.29, 0.717) is 23.4 Å². The van der Waals surface area contributed by atoms with Gasteiger partial charge in [-0.15, -0.1) is 0 Å². The number of anilines is 1. The summed E-state index contributed by atoms with van der Waals surface area (Å²) in [5.74, 6) is -0.258. The van der Waals surface area contributed by atoms with E-state index in [2.05, 4.69) is 10.6 Å². The zero-order valence-corrected chi connectivity index (χ0v) is 18.3. The van der Waals surface area contributed by atoms with Crippen LogP contribution in [0.25, 0.3) is 0 Å². The molecule has 2 aliphatic heterocycles. The molecular weight excluding hydrogens is 431 g/mol. The van der Waals surface area contributed by atoms with Gasteiger partial charge in [-0.05, 0) is 42.3 Å². The van der Waals surface area contributed by atoms with Crippen LogP contribution in [0.5, 0.6) is 5.75 Å². The summed E-state index contributed by atoms with van der Waals surface area (Å²) >= 11 is 0. The largest absolute Gasteiger partial charge is 0.487 e. The number of hydrogen-bond acceptors (Lipinski definition) is 6. The average Bonchev–Trinajstić information content (AvgIpc) is 3.15. The van der Waals surface area contributed by atoms with E-state index in [-0.39, 0.29) is 55.8 Å². The highest BCUT2D eigenvalue weighted by Crippen LogP contribution is 2.47. The van der Waals surface area contributed by atoms with Crippen molar-refractivity contribution in [3.63, 3.8) is 0 Å². The minimum atomic E-state index is -0.580. The quantitative estimate of drug-likeness (QED) is 0.560. The van der Waals surface area contributed by atoms with Gasteiger partial charge in [-0.1, -0.05) is 12.1 Å². The number of aliphatic hydroxyl groups excluding tert-OH is 1. The number of hydrogen-bond donors (Lipinski definition) is 3. The lowest BCUT2D eigenvalue weighted by molar-refractivity contribution is -0.142. The predicted molar refractivity (Wildman–Crippen MR) is 117 cm³/mol.